The fourth-order valence-corrected chi connectivity index (χ4v) is 5.60. The van der Waals surface area contributed by atoms with Crippen LogP contribution in [0.4, 0.5) is 10.1 Å². The van der Waals surface area contributed by atoms with Crippen LogP contribution in [-0.2, 0) is 15.0 Å². The normalized spacial score (nSPS) is 21.2. The number of nitrogens with one attached hydrogen (secondary N) is 2. The lowest BCUT2D eigenvalue weighted by Gasteiger charge is -2.33. The molecule has 8 nitrogen and oxygen atoms in total. The summed E-state index contributed by atoms with van der Waals surface area (Å²) in [5.41, 5.74) is 1.33. The number of amides is 3. The molecule has 1 aromatic heterocycles. The monoisotopic (exact) mass is 501 g/mol. The molecule has 0 aliphatic carbocycles. The van der Waals surface area contributed by atoms with Crippen LogP contribution in [0.2, 0.25) is 0 Å². The van der Waals surface area contributed by atoms with E-state index >= 15 is 0 Å². The summed E-state index contributed by atoms with van der Waals surface area (Å²) in [7, 11) is 1.56. The molecule has 1 spiro atoms. The molecule has 0 bridgehead atoms. The SMILES string of the molecule is CC(C)C[C@@H](C(=O)N1C[C@]2(C[C@H]1C#N)C(=O)Nc1ccccc12)N(C)C(=O)c1cc2cc(F)ccc2[nH]1. The smallest absolute Gasteiger partial charge is 0.270 e. The van der Waals surface area contributed by atoms with E-state index in [-0.39, 0.29) is 36.4 Å². The van der Waals surface area contributed by atoms with Crippen molar-refractivity contribution in [2.45, 2.75) is 44.2 Å². The second kappa shape index (κ2) is 9.04. The van der Waals surface area contributed by atoms with Gasteiger partial charge in [0.1, 0.15) is 23.6 Å². The van der Waals surface area contributed by atoms with Crippen LogP contribution in [0.25, 0.3) is 10.9 Å². The minimum atomic E-state index is -1.00. The van der Waals surface area contributed by atoms with Crippen LogP contribution < -0.4 is 5.32 Å². The number of aromatic amines is 1. The van der Waals surface area contributed by atoms with Gasteiger partial charge in [0.15, 0.2) is 0 Å². The predicted molar refractivity (Wildman–Crippen MR) is 136 cm³/mol. The van der Waals surface area contributed by atoms with Gasteiger partial charge in [0.25, 0.3) is 5.91 Å². The average Bonchev–Trinajstić information content (AvgIpc) is 3.55. The van der Waals surface area contributed by atoms with Crippen LogP contribution in [0.1, 0.15) is 42.7 Å². The van der Waals surface area contributed by atoms with Gasteiger partial charge >= 0.3 is 0 Å². The quantitative estimate of drug-likeness (QED) is 0.554. The van der Waals surface area contributed by atoms with Crippen molar-refractivity contribution < 1.29 is 18.8 Å². The summed E-state index contributed by atoms with van der Waals surface area (Å²) in [4.78, 5) is 46.4. The molecule has 2 N–H and O–H groups in total. The summed E-state index contributed by atoms with van der Waals surface area (Å²) in [5.74, 6) is -1.34. The van der Waals surface area contributed by atoms with Crippen molar-refractivity contribution in [2.75, 3.05) is 18.9 Å². The van der Waals surface area contributed by atoms with Crippen LogP contribution in [0, 0.1) is 23.1 Å². The van der Waals surface area contributed by atoms with E-state index in [1.807, 2.05) is 38.1 Å². The third-order valence-corrected chi connectivity index (χ3v) is 7.50. The highest BCUT2D eigenvalue weighted by atomic mass is 19.1. The number of nitrogens with zero attached hydrogens (tertiary/aromatic N) is 3. The molecular weight excluding hydrogens is 473 g/mol. The summed E-state index contributed by atoms with van der Waals surface area (Å²) < 4.78 is 13.7. The molecule has 3 aromatic rings. The van der Waals surface area contributed by atoms with E-state index in [0.717, 1.165) is 5.56 Å². The molecule has 3 heterocycles. The summed E-state index contributed by atoms with van der Waals surface area (Å²) in [6.45, 7) is 3.98. The largest absolute Gasteiger partial charge is 0.351 e. The number of fused-ring (bicyclic) bond motifs is 3. The molecule has 0 radical (unpaired) electrons. The first kappa shape index (κ1) is 24.5. The van der Waals surface area contributed by atoms with Gasteiger partial charge < -0.3 is 20.1 Å². The van der Waals surface area contributed by atoms with Crippen molar-refractivity contribution in [1.82, 2.24) is 14.8 Å². The fraction of sp³-hybridized carbons (Fsp3) is 0.357. The zero-order valence-corrected chi connectivity index (χ0v) is 20.9. The van der Waals surface area contributed by atoms with Gasteiger partial charge in [-0.25, -0.2) is 4.39 Å². The predicted octanol–water partition coefficient (Wildman–Crippen LogP) is 3.81. The Hall–Kier alpha value is -4.19. The van der Waals surface area contributed by atoms with Gasteiger partial charge in [-0.15, -0.1) is 0 Å². The van der Waals surface area contributed by atoms with Gasteiger partial charge in [-0.3, -0.25) is 14.4 Å². The number of halogens is 1. The van der Waals surface area contributed by atoms with E-state index < -0.39 is 29.2 Å². The van der Waals surface area contributed by atoms with Gasteiger partial charge in [0, 0.05) is 36.6 Å². The van der Waals surface area contributed by atoms with E-state index in [4.69, 9.17) is 0 Å². The molecule has 1 fully saturated rings. The van der Waals surface area contributed by atoms with Crippen molar-refractivity contribution in [1.29, 1.82) is 5.26 Å². The van der Waals surface area contributed by atoms with Crippen molar-refractivity contribution in [3.63, 3.8) is 0 Å². The topological polar surface area (TPSA) is 109 Å². The Morgan fingerprint density at radius 3 is 2.73 bits per heavy atom. The lowest BCUT2D eigenvalue weighted by atomic mass is 9.80. The minimum Gasteiger partial charge on any atom is -0.351 e. The first-order chi connectivity index (χ1) is 17.6. The molecular formula is C28H28FN5O3. The Morgan fingerprint density at radius 1 is 1.24 bits per heavy atom. The maximum absolute atomic E-state index is 14.0. The van der Waals surface area contributed by atoms with Gasteiger partial charge in [-0.1, -0.05) is 32.0 Å². The number of hydrogen-bond acceptors (Lipinski definition) is 4. The van der Waals surface area contributed by atoms with Crippen molar-refractivity contribution in [2.24, 2.45) is 5.92 Å². The molecule has 3 amide bonds. The molecule has 2 aliphatic heterocycles. The molecule has 1 saturated heterocycles. The molecule has 2 aromatic carbocycles. The zero-order valence-electron chi connectivity index (χ0n) is 20.9. The number of benzene rings is 2. The molecule has 3 atom stereocenters. The van der Waals surface area contributed by atoms with Gasteiger partial charge in [0.2, 0.25) is 11.8 Å². The Kier molecular flexibility index (Phi) is 5.98. The van der Waals surface area contributed by atoms with Crippen LogP contribution >= 0.6 is 0 Å². The van der Waals surface area contributed by atoms with E-state index in [1.54, 1.807) is 19.2 Å². The highest BCUT2D eigenvalue weighted by molar-refractivity contribution is 6.07. The number of likely N-dealkylation sites (N-methyl/N-ethyl adjacent to an activating group) is 1. The highest BCUT2D eigenvalue weighted by Gasteiger charge is 2.56. The molecule has 5 rings (SSSR count). The lowest BCUT2D eigenvalue weighted by Crippen LogP contribution is -2.52. The summed E-state index contributed by atoms with van der Waals surface area (Å²) >= 11 is 0. The van der Waals surface area contributed by atoms with Crippen molar-refractivity contribution >= 4 is 34.3 Å². The molecule has 9 heteroatoms. The Labute approximate surface area is 214 Å². The summed E-state index contributed by atoms with van der Waals surface area (Å²) in [6.07, 6.45) is 0.568. The number of H-pyrrole nitrogens is 1. The third kappa shape index (κ3) is 4.02. The molecule has 190 valence electrons. The third-order valence-electron chi connectivity index (χ3n) is 7.50. The minimum absolute atomic E-state index is 0.0647. The second-order valence-electron chi connectivity index (χ2n) is 10.4. The van der Waals surface area contributed by atoms with Crippen molar-refractivity contribution in [3.05, 3.63) is 65.6 Å². The standard InChI is InChI=1S/C28H28FN5O3/c1-16(2)10-24(33(3)25(35)23-12-17-11-18(29)8-9-21(17)31-23)26(36)34-15-28(13-19(34)14-30)20-6-4-5-7-22(20)32-27(28)37/h4-9,11-12,16,19,24,31H,10,13,15H2,1-3H3,(H,32,37)/t19-,24-,28-/m0/s1. The Morgan fingerprint density at radius 2 is 2.00 bits per heavy atom. The second-order valence-corrected chi connectivity index (χ2v) is 10.4. The van der Waals surface area contributed by atoms with Gasteiger partial charge in [0.05, 0.1) is 11.5 Å². The average molecular weight is 502 g/mol. The van der Waals surface area contributed by atoms with Gasteiger partial charge in [-0.2, -0.15) is 5.26 Å². The van der Waals surface area contributed by atoms with Crippen LogP contribution in [0.3, 0.4) is 0 Å². The number of nitriles is 1. The van der Waals surface area contributed by atoms with Crippen LogP contribution in [-0.4, -0.2) is 58.2 Å². The number of rotatable bonds is 5. The van der Waals surface area contributed by atoms with E-state index in [2.05, 4.69) is 16.4 Å². The first-order valence-corrected chi connectivity index (χ1v) is 12.3. The fourth-order valence-electron chi connectivity index (χ4n) is 5.60. The van der Waals surface area contributed by atoms with Crippen molar-refractivity contribution in [3.8, 4) is 6.07 Å². The molecule has 0 unspecified atom stereocenters. The number of para-hydroxylation sites is 1. The summed E-state index contributed by atoms with van der Waals surface area (Å²) in [5, 5.41) is 13.4. The number of anilines is 1. The number of hydrogen-bond donors (Lipinski definition) is 2. The van der Waals surface area contributed by atoms with E-state index in [0.29, 0.717) is 23.0 Å². The molecule has 0 saturated carbocycles. The van der Waals surface area contributed by atoms with E-state index in [1.165, 1.54) is 21.9 Å². The van der Waals surface area contributed by atoms with Gasteiger partial charge in [-0.05, 0) is 48.2 Å². The summed E-state index contributed by atoms with van der Waals surface area (Å²) in [6, 6.07) is 13.7. The maximum atomic E-state index is 14.0. The first-order valence-electron chi connectivity index (χ1n) is 12.3. The van der Waals surface area contributed by atoms with Crippen LogP contribution in [0.5, 0.6) is 0 Å². The molecule has 37 heavy (non-hydrogen) atoms. The number of carbonyl (C=O) groups is 3. The number of likely N-dealkylation sites (tertiary alicyclic amines) is 1. The number of carbonyl (C=O) groups excluding carboxylic acids is 3. The maximum Gasteiger partial charge on any atom is 0.270 e. The van der Waals surface area contributed by atoms with Crippen LogP contribution in [0.15, 0.2) is 48.5 Å². The zero-order chi connectivity index (χ0) is 26.5. The Bertz CT molecular complexity index is 1460. The van der Waals surface area contributed by atoms with E-state index in [9.17, 15) is 24.0 Å². The molecule has 2 aliphatic rings. The lowest BCUT2D eigenvalue weighted by molar-refractivity contribution is -0.136. The Balaban J connectivity index is 1.46. The number of aromatic nitrogens is 1. The highest BCUT2D eigenvalue weighted by Crippen LogP contribution is 2.46.